The first-order valence-electron chi connectivity index (χ1n) is 9.04. The Kier molecular flexibility index (Phi) is 7.55. The van der Waals surface area contributed by atoms with E-state index in [1.165, 1.54) is 30.6 Å². The Labute approximate surface area is 154 Å². The number of rotatable bonds is 10. The number of unbranched alkanes of at least 4 members (excludes halogenated alkanes) is 4. The number of ether oxygens (including phenoxy) is 2. The molecule has 0 aromatic carbocycles. The summed E-state index contributed by atoms with van der Waals surface area (Å²) in [6, 6.07) is 0.302. The molecule has 0 aliphatic carbocycles. The lowest BCUT2D eigenvalue weighted by molar-refractivity contribution is -0.00478. The van der Waals surface area contributed by atoms with Crippen LogP contribution in [0.3, 0.4) is 0 Å². The van der Waals surface area contributed by atoms with Gasteiger partial charge < -0.3 is 19.7 Å². The Morgan fingerprint density at radius 1 is 1.48 bits per heavy atom. The van der Waals surface area contributed by atoms with Crippen LogP contribution in [0.5, 0.6) is 5.19 Å². The molecule has 0 spiro atoms. The molecule has 1 aromatic rings. The fraction of sp³-hybridized carbons (Fsp3) is 0.667. The first-order valence-corrected chi connectivity index (χ1v) is 9.85. The normalized spacial score (nSPS) is 17.0. The van der Waals surface area contributed by atoms with E-state index in [2.05, 4.69) is 37.7 Å². The number of aromatic nitrogens is 1. The van der Waals surface area contributed by atoms with Crippen molar-refractivity contribution in [1.82, 2.24) is 15.2 Å². The molecule has 25 heavy (non-hydrogen) atoms. The van der Waals surface area contributed by atoms with Crippen LogP contribution in [0.4, 0.5) is 0 Å². The summed E-state index contributed by atoms with van der Waals surface area (Å²) in [6.07, 6.45) is 6.99. The molecule has 0 radical (unpaired) electrons. The predicted molar refractivity (Wildman–Crippen MR) is 99.7 cm³/mol. The Morgan fingerprint density at radius 2 is 2.24 bits per heavy atom. The molecule has 2 heterocycles. The maximum absolute atomic E-state index is 12.1. The fourth-order valence-corrected chi connectivity index (χ4v) is 3.35. The van der Waals surface area contributed by atoms with Gasteiger partial charge in [-0.2, -0.15) is 0 Å². The lowest BCUT2D eigenvalue weighted by Crippen LogP contribution is -2.29. The van der Waals surface area contributed by atoms with E-state index in [-0.39, 0.29) is 5.91 Å². The second-order valence-electron chi connectivity index (χ2n) is 6.47. The van der Waals surface area contributed by atoms with Crippen LogP contribution in [-0.2, 0) is 4.74 Å². The average molecular weight is 368 g/mol. The smallest absolute Gasteiger partial charge is 0.277 e. The second kappa shape index (κ2) is 9.65. The zero-order valence-electron chi connectivity index (χ0n) is 15.4. The quantitative estimate of drug-likeness (QED) is 0.638. The van der Waals surface area contributed by atoms with E-state index in [1.54, 1.807) is 6.20 Å². The molecule has 140 valence electrons. The summed E-state index contributed by atoms with van der Waals surface area (Å²) in [5.41, 5.74) is 0. The topological polar surface area (TPSA) is 63.7 Å². The summed E-state index contributed by atoms with van der Waals surface area (Å²) in [6.45, 7) is 11.5. The van der Waals surface area contributed by atoms with Crippen molar-refractivity contribution in [3.8, 4) is 5.19 Å². The molecule has 1 fully saturated rings. The monoisotopic (exact) mass is 367 g/mol. The highest BCUT2D eigenvalue weighted by Gasteiger charge is 2.30. The number of amides is 1. The van der Waals surface area contributed by atoms with Gasteiger partial charge in [0.2, 0.25) is 0 Å². The molecule has 7 heteroatoms. The zero-order chi connectivity index (χ0) is 18.2. The van der Waals surface area contributed by atoms with E-state index in [9.17, 15) is 4.79 Å². The predicted octanol–water partition coefficient (Wildman–Crippen LogP) is 3.76. The third kappa shape index (κ3) is 5.92. The van der Waals surface area contributed by atoms with E-state index in [0.717, 1.165) is 12.8 Å². The number of nitrogens with one attached hydrogen (secondary N) is 1. The van der Waals surface area contributed by atoms with E-state index < -0.39 is 6.29 Å². The highest BCUT2D eigenvalue weighted by Crippen LogP contribution is 2.26. The average Bonchev–Trinajstić information content (AvgIpc) is 3.17. The van der Waals surface area contributed by atoms with Crippen LogP contribution in [0.2, 0.25) is 0 Å². The van der Waals surface area contributed by atoms with Gasteiger partial charge in [0.15, 0.2) is 5.88 Å². The van der Waals surface area contributed by atoms with Gasteiger partial charge >= 0.3 is 0 Å². The van der Waals surface area contributed by atoms with Gasteiger partial charge in [0, 0.05) is 12.6 Å². The molecule has 6 nitrogen and oxygen atoms in total. The van der Waals surface area contributed by atoms with Gasteiger partial charge in [-0.15, -0.1) is 0 Å². The van der Waals surface area contributed by atoms with Gasteiger partial charge in [-0.3, -0.25) is 4.79 Å². The minimum Gasteiger partial charge on any atom is -0.438 e. The summed E-state index contributed by atoms with van der Waals surface area (Å²) in [4.78, 5) is 18.9. The molecule has 1 N–H and O–H groups in total. The summed E-state index contributed by atoms with van der Waals surface area (Å²) in [5.74, 6) is 0.515. The van der Waals surface area contributed by atoms with E-state index in [1.807, 2.05) is 4.90 Å². The van der Waals surface area contributed by atoms with Gasteiger partial charge in [-0.1, -0.05) is 43.9 Å². The van der Waals surface area contributed by atoms with E-state index >= 15 is 0 Å². The van der Waals surface area contributed by atoms with Crippen molar-refractivity contribution in [3.05, 3.63) is 23.5 Å². The van der Waals surface area contributed by atoms with Crippen molar-refractivity contribution < 1.29 is 14.3 Å². The maximum atomic E-state index is 12.1. The van der Waals surface area contributed by atoms with Crippen LogP contribution in [0.15, 0.2) is 18.7 Å². The second-order valence-corrected chi connectivity index (χ2v) is 7.46. The van der Waals surface area contributed by atoms with E-state index in [0.29, 0.717) is 35.1 Å². The Bertz CT molecular complexity index is 574. The van der Waals surface area contributed by atoms with Gasteiger partial charge in [0.25, 0.3) is 17.4 Å². The maximum Gasteiger partial charge on any atom is 0.277 e. The molecule has 1 atom stereocenters. The standard InChI is InChI=1S/C18H29N3O3S/c1-5-6-7-8-9-10-19-17(22)15-11-20-18(25-15)24-16-12-21(13(2)3)14(4)23-16/h11,13,16H,4-10,12H2,1-3H3,(H,19,22). The van der Waals surface area contributed by atoms with Gasteiger partial charge in [-0.25, -0.2) is 4.98 Å². The number of thiazole rings is 1. The molecule has 1 saturated heterocycles. The molecule has 1 unspecified atom stereocenters. The van der Waals surface area contributed by atoms with Crippen LogP contribution in [-0.4, -0.2) is 41.2 Å². The SMILES string of the molecule is C=C1OC(Oc2ncc(C(=O)NCCCCCCC)s2)CN1C(C)C. The number of carbonyl (C=O) groups is 1. The molecule has 2 rings (SSSR count). The van der Waals surface area contributed by atoms with Gasteiger partial charge in [-0.05, 0) is 26.8 Å². The van der Waals surface area contributed by atoms with Crippen LogP contribution in [0.1, 0.15) is 62.5 Å². The molecule has 1 aliphatic heterocycles. The first kappa shape index (κ1) is 19.6. The molecular formula is C18H29N3O3S. The van der Waals surface area contributed by atoms with Crippen molar-refractivity contribution in [2.45, 2.75) is 65.2 Å². The first-order chi connectivity index (χ1) is 12.0. The molecular weight excluding hydrogens is 338 g/mol. The van der Waals surface area contributed by atoms with Crippen LogP contribution in [0.25, 0.3) is 0 Å². The van der Waals surface area contributed by atoms with Crippen molar-refractivity contribution in [3.63, 3.8) is 0 Å². The third-order valence-corrected chi connectivity index (χ3v) is 4.95. The van der Waals surface area contributed by atoms with E-state index in [4.69, 9.17) is 9.47 Å². The van der Waals surface area contributed by atoms with Crippen LogP contribution >= 0.6 is 11.3 Å². The summed E-state index contributed by atoms with van der Waals surface area (Å²) >= 11 is 1.24. The minimum atomic E-state index is -0.435. The number of carbonyl (C=O) groups excluding carboxylic acids is 1. The van der Waals surface area contributed by atoms with Crippen molar-refractivity contribution >= 4 is 17.2 Å². The lowest BCUT2D eigenvalue weighted by Gasteiger charge is -2.19. The highest BCUT2D eigenvalue weighted by atomic mass is 32.1. The third-order valence-electron chi connectivity index (χ3n) is 4.06. The zero-order valence-corrected chi connectivity index (χ0v) is 16.2. The van der Waals surface area contributed by atoms with Gasteiger partial charge in [0.05, 0.1) is 12.7 Å². The Balaban J connectivity index is 1.74. The largest absolute Gasteiger partial charge is 0.438 e. The minimum absolute atomic E-state index is 0.0941. The fourth-order valence-electron chi connectivity index (χ4n) is 2.63. The molecule has 1 aliphatic rings. The molecule has 0 saturated carbocycles. The molecule has 1 amide bonds. The summed E-state index contributed by atoms with van der Waals surface area (Å²) in [7, 11) is 0. The highest BCUT2D eigenvalue weighted by molar-refractivity contribution is 7.15. The number of hydrogen-bond donors (Lipinski definition) is 1. The number of nitrogens with zero attached hydrogens (tertiary/aromatic N) is 2. The summed E-state index contributed by atoms with van der Waals surface area (Å²) < 4.78 is 11.3. The Hall–Kier alpha value is -1.76. The number of hydrogen-bond acceptors (Lipinski definition) is 6. The van der Waals surface area contributed by atoms with Crippen molar-refractivity contribution in [1.29, 1.82) is 0 Å². The van der Waals surface area contributed by atoms with Crippen LogP contribution in [0, 0.1) is 0 Å². The molecule has 0 bridgehead atoms. The van der Waals surface area contributed by atoms with Crippen LogP contribution < -0.4 is 10.1 Å². The Morgan fingerprint density at radius 3 is 2.92 bits per heavy atom. The molecule has 1 aromatic heterocycles. The summed E-state index contributed by atoms with van der Waals surface area (Å²) in [5, 5.41) is 3.38. The lowest BCUT2D eigenvalue weighted by atomic mass is 10.1. The van der Waals surface area contributed by atoms with Crippen molar-refractivity contribution in [2.75, 3.05) is 13.1 Å². The van der Waals surface area contributed by atoms with Crippen molar-refractivity contribution in [2.24, 2.45) is 0 Å². The van der Waals surface area contributed by atoms with Gasteiger partial charge in [0.1, 0.15) is 4.88 Å².